The SMILES string of the molecule is CC[C@]1(C)CN(Cc2nnnn2C2CC2)CCO1. The van der Waals surface area contributed by atoms with Gasteiger partial charge < -0.3 is 4.74 Å². The molecular formula is C12H21N5O. The third-order valence-corrected chi connectivity index (χ3v) is 3.98. The summed E-state index contributed by atoms with van der Waals surface area (Å²) in [6, 6.07) is 0.550. The molecule has 1 saturated heterocycles. The Bertz CT molecular complexity index is 416. The highest BCUT2D eigenvalue weighted by Crippen LogP contribution is 2.34. The van der Waals surface area contributed by atoms with Crippen LogP contribution in [0.3, 0.4) is 0 Å². The lowest BCUT2D eigenvalue weighted by Gasteiger charge is -2.39. The van der Waals surface area contributed by atoms with E-state index in [-0.39, 0.29) is 5.60 Å². The number of rotatable bonds is 4. The van der Waals surface area contributed by atoms with Crippen LogP contribution in [0.1, 0.15) is 45.0 Å². The molecule has 0 aromatic carbocycles. The molecule has 18 heavy (non-hydrogen) atoms. The van der Waals surface area contributed by atoms with E-state index < -0.39 is 0 Å². The summed E-state index contributed by atoms with van der Waals surface area (Å²) < 4.78 is 7.85. The van der Waals surface area contributed by atoms with Gasteiger partial charge in [-0.05, 0) is 36.6 Å². The van der Waals surface area contributed by atoms with Gasteiger partial charge in [0.25, 0.3) is 0 Å². The Hall–Kier alpha value is -1.01. The number of aromatic nitrogens is 4. The summed E-state index contributed by atoms with van der Waals surface area (Å²) in [5.74, 6) is 0.998. The standard InChI is InChI=1S/C12H21N5O/c1-3-12(2)9-16(6-7-18-12)8-11-13-14-15-17(11)10-4-5-10/h10H,3-9H2,1-2H3/t12-/m1/s1. The van der Waals surface area contributed by atoms with E-state index in [1.807, 2.05) is 4.68 Å². The molecule has 1 aromatic rings. The first-order valence-corrected chi connectivity index (χ1v) is 6.83. The van der Waals surface area contributed by atoms with Gasteiger partial charge in [0.2, 0.25) is 0 Å². The number of hydrogen-bond donors (Lipinski definition) is 0. The van der Waals surface area contributed by atoms with Crippen LogP contribution in [-0.2, 0) is 11.3 Å². The molecule has 0 spiro atoms. The van der Waals surface area contributed by atoms with E-state index >= 15 is 0 Å². The zero-order valence-corrected chi connectivity index (χ0v) is 11.2. The lowest BCUT2D eigenvalue weighted by atomic mass is 10.0. The Kier molecular flexibility index (Phi) is 3.07. The van der Waals surface area contributed by atoms with Gasteiger partial charge in [-0.1, -0.05) is 6.92 Å². The highest BCUT2D eigenvalue weighted by Gasteiger charge is 2.32. The summed E-state index contributed by atoms with van der Waals surface area (Å²) in [5, 5.41) is 12.1. The predicted octanol–water partition coefficient (Wildman–Crippen LogP) is 1.01. The maximum absolute atomic E-state index is 5.85. The highest BCUT2D eigenvalue weighted by atomic mass is 16.5. The first-order chi connectivity index (χ1) is 8.70. The Morgan fingerprint density at radius 3 is 3.00 bits per heavy atom. The van der Waals surface area contributed by atoms with Crippen molar-refractivity contribution in [3.8, 4) is 0 Å². The van der Waals surface area contributed by atoms with Crippen molar-refractivity contribution in [3.63, 3.8) is 0 Å². The summed E-state index contributed by atoms with van der Waals surface area (Å²) >= 11 is 0. The van der Waals surface area contributed by atoms with Crippen molar-refractivity contribution in [2.45, 2.75) is 51.3 Å². The van der Waals surface area contributed by atoms with Gasteiger partial charge in [0.15, 0.2) is 5.82 Å². The van der Waals surface area contributed by atoms with Crippen LogP contribution in [0.4, 0.5) is 0 Å². The maximum atomic E-state index is 5.85. The Morgan fingerprint density at radius 1 is 1.44 bits per heavy atom. The molecule has 100 valence electrons. The monoisotopic (exact) mass is 251 g/mol. The van der Waals surface area contributed by atoms with Gasteiger partial charge in [-0.15, -0.1) is 5.10 Å². The number of morpholine rings is 1. The summed E-state index contributed by atoms with van der Waals surface area (Å²) in [6.45, 7) is 7.92. The van der Waals surface area contributed by atoms with E-state index in [1.165, 1.54) is 12.8 Å². The van der Waals surface area contributed by atoms with Gasteiger partial charge in [-0.3, -0.25) is 4.90 Å². The van der Waals surface area contributed by atoms with Crippen molar-refractivity contribution in [1.82, 2.24) is 25.1 Å². The summed E-state index contributed by atoms with van der Waals surface area (Å²) in [6.07, 6.45) is 3.47. The molecule has 1 aliphatic carbocycles. The molecule has 2 aliphatic rings. The molecule has 1 aliphatic heterocycles. The smallest absolute Gasteiger partial charge is 0.165 e. The van der Waals surface area contributed by atoms with Crippen molar-refractivity contribution in [2.75, 3.05) is 19.7 Å². The first kappa shape index (κ1) is 12.0. The molecule has 1 aromatic heterocycles. The van der Waals surface area contributed by atoms with Crippen LogP contribution in [0.15, 0.2) is 0 Å². The Morgan fingerprint density at radius 2 is 2.28 bits per heavy atom. The Balaban J connectivity index is 1.66. The zero-order chi connectivity index (χ0) is 12.6. The van der Waals surface area contributed by atoms with Crippen molar-refractivity contribution in [2.24, 2.45) is 0 Å². The number of hydrogen-bond acceptors (Lipinski definition) is 5. The third-order valence-electron chi connectivity index (χ3n) is 3.98. The van der Waals surface area contributed by atoms with Crippen molar-refractivity contribution < 1.29 is 4.74 Å². The highest BCUT2D eigenvalue weighted by molar-refractivity contribution is 4.92. The van der Waals surface area contributed by atoms with Crippen LogP contribution in [0.2, 0.25) is 0 Å². The molecule has 6 heteroatoms. The fraction of sp³-hybridized carbons (Fsp3) is 0.917. The molecule has 0 radical (unpaired) electrons. The minimum absolute atomic E-state index is 0.0177. The van der Waals surface area contributed by atoms with Crippen LogP contribution in [0.25, 0.3) is 0 Å². The second kappa shape index (κ2) is 4.59. The van der Waals surface area contributed by atoms with Gasteiger partial charge >= 0.3 is 0 Å². The molecule has 2 heterocycles. The van der Waals surface area contributed by atoms with Gasteiger partial charge in [-0.25, -0.2) is 4.68 Å². The van der Waals surface area contributed by atoms with E-state index in [9.17, 15) is 0 Å². The van der Waals surface area contributed by atoms with Gasteiger partial charge in [0, 0.05) is 13.1 Å². The lowest BCUT2D eigenvalue weighted by molar-refractivity contribution is -0.102. The quantitative estimate of drug-likeness (QED) is 0.799. The van der Waals surface area contributed by atoms with E-state index in [1.54, 1.807) is 0 Å². The molecule has 0 unspecified atom stereocenters. The molecule has 0 N–H and O–H groups in total. The second-order valence-electron chi connectivity index (χ2n) is 5.63. The average Bonchev–Trinajstić information content (AvgIpc) is 3.11. The molecule has 2 fully saturated rings. The van der Waals surface area contributed by atoms with Gasteiger partial charge in [0.05, 0.1) is 24.8 Å². The fourth-order valence-corrected chi connectivity index (χ4v) is 2.49. The van der Waals surface area contributed by atoms with Crippen LogP contribution >= 0.6 is 0 Å². The minimum atomic E-state index is -0.0177. The largest absolute Gasteiger partial charge is 0.373 e. The molecule has 6 nitrogen and oxygen atoms in total. The normalized spacial score (nSPS) is 29.7. The maximum Gasteiger partial charge on any atom is 0.165 e. The van der Waals surface area contributed by atoms with Gasteiger partial charge in [0.1, 0.15) is 0 Å². The average molecular weight is 251 g/mol. The van der Waals surface area contributed by atoms with Crippen molar-refractivity contribution >= 4 is 0 Å². The minimum Gasteiger partial charge on any atom is -0.373 e. The molecule has 0 bridgehead atoms. The lowest BCUT2D eigenvalue weighted by Crippen LogP contribution is -2.49. The molecule has 0 amide bonds. The number of tetrazole rings is 1. The van der Waals surface area contributed by atoms with Crippen LogP contribution < -0.4 is 0 Å². The van der Waals surface area contributed by atoms with E-state index in [2.05, 4.69) is 34.3 Å². The van der Waals surface area contributed by atoms with E-state index in [0.29, 0.717) is 6.04 Å². The number of nitrogens with zero attached hydrogens (tertiary/aromatic N) is 5. The topological polar surface area (TPSA) is 56.1 Å². The molecule has 3 rings (SSSR count). The molecule has 1 atom stereocenters. The first-order valence-electron chi connectivity index (χ1n) is 6.83. The second-order valence-corrected chi connectivity index (χ2v) is 5.63. The van der Waals surface area contributed by atoms with E-state index in [4.69, 9.17) is 4.74 Å². The van der Waals surface area contributed by atoms with Crippen LogP contribution in [0, 0.1) is 0 Å². The van der Waals surface area contributed by atoms with Crippen LogP contribution in [-0.4, -0.2) is 50.4 Å². The van der Waals surface area contributed by atoms with Crippen molar-refractivity contribution in [1.29, 1.82) is 0 Å². The molecule has 1 saturated carbocycles. The summed E-state index contributed by atoms with van der Waals surface area (Å²) in [7, 11) is 0. The number of ether oxygens (including phenoxy) is 1. The van der Waals surface area contributed by atoms with E-state index in [0.717, 1.165) is 38.5 Å². The fourth-order valence-electron chi connectivity index (χ4n) is 2.49. The Labute approximate surface area is 107 Å². The van der Waals surface area contributed by atoms with Crippen molar-refractivity contribution in [3.05, 3.63) is 5.82 Å². The van der Waals surface area contributed by atoms with Crippen LogP contribution in [0.5, 0.6) is 0 Å². The summed E-state index contributed by atoms with van der Waals surface area (Å²) in [4.78, 5) is 2.40. The molecular weight excluding hydrogens is 230 g/mol. The third kappa shape index (κ3) is 2.40. The predicted molar refractivity (Wildman–Crippen MR) is 66.0 cm³/mol. The summed E-state index contributed by atoms with van der Waals surface area (Å²) in [5.41, 5.74) is -0.0177. The zero-order valence-electron chi connectivity index (χ0n) is 11.2. The van der Waals surface area contributed by atoms with Gasteiger partial charge in [-0.2, -0.15) is 0 Å².